The van der Waals surface area contributed by atoms with Crippen molar-refractivity contribution in [2.24, 2.45) is 0 Å². The largest absolute Gasteiger partial charge is 0.140 e. The standard InChI is InChI=1S/C6H13ClS/c1-4-6(3,7)8-5-2/h4-5H2,1-3H3/t6-/m0/s1. The van der Waals surface area contributed by atoms with Gasteiger partial charge in [-0.05, 0) is 19.1 Å². The molecule has 2 heteroatoms. The molecule has 0 aromatic carbocycles. The van der Waals surface area contributed by atoms with Crippen molar-refractivity contribution in [3.8, 4) is 0 Å². The summed E-state index contributed by atoms with van der Waals surface area (Å²) < 4.78 is -0.0191. The second kappa shape index (κ2) is 3.62. The number of halogens is 1. The van der Waals surface area contributed by atoms with Crippen LogP contribution in [0.25, 0.3) is 0 Å². The van der Waals surface area contributed by atoms with E-state index in [9.17, 15) is 0 Å². The number of thioether (sulfide) groups is 1. The molecule has 0 N–H and O–H groups in total. The monoisotopic (exact) mass is 152 g/mol. The molecule has 0 heterocycles. The summed E-state index contributed by atoms with van der Waals surface area (Å²) in [6, 6.07) is 0. The smallest absolute Gasteiger partial charge is 0.0865 e. The Morgan fingerprint density at radius 1 is 1.50 bits per heavy atom. The highest BCUT2D eigenvalue weighted by molar-refractivity contribution is 8.01. The number of hydrogen-bond donors (Lipinski definition) is 0. The molecule has 0 saturated carbocycles. The van der Waals surface area contributed by atoms with Gasteiger partial charge in [0.1, 0.15) is 0 Å². The highest BCUT2D eigenvalue weighted by atomic mass is 35.5. The minimum atomic E-state index is -0.0191. The zero-order valence-electron chi connectivity index (χ0n) is 5.70. The molecule has 50 valence electrons. The van der Waals surface area contributed by atoms with Crippen LogP contribution in [0.2, 0.25) is 0 Å². The Morgan fingerprint density at radius 2 is 2.00 bits per heavy atom. The third kappa shape index (κ3) is 3.62. The zero-order valence-corrected chi connectivity index (χ0v) is 7.27. The molecule has 0 fully saturated rings. The maximum Gasteiger partial charge on any atom is 0.0865 e. The summed E-state index contributed by atoms with van der Waals surface area (Å²) in [5.74, 6) is 1.10. The predicted octanol–water partition coefficient (Wildman–Crippen LogP) is 3.10. The van der Waals surface area contributed by atoms with Crippen molar-refractivity contribution in [2.75, 3.05) is 5.75 Å². The lowest BCUT2D eigenvalue weighted by Gasteiger charge is -2.17. The fourth-order valence-corrected chi connectivity index (χ4v) is 1.54. The minimum Gasteiger partial charge on any atom is -0.140 e. The molecular formula is C6H13ClS. The van der Waals surface area contributed by atoms with Crippen LogP contribution in [0.4, 0.5) is 0 Å². The molecule has 0 spiro atoms. The van der Waals surface area contributed by atoms with Gasteiger partial charge in [-0.3, -0.25) is 0 Å². The van der Waals surface area contributed by atoms with E-state index in [0.717, 1.165) is 12.2 Å². The van der Waals surface area contributed by atoms with Gasteiger partial charge in [0.2, 0.25) is 0 Å². The summed E-state index contributed by atoms with van der Waals surface area (Å²) in [6.45, 7) is 6.29. The summed E-state index contributed by atoms with van der Waals surface area (Å²) in [6.07, 6.45) is 1.03. The predicted molar refractivity (Wildman–Crippen MR) is 42.7 cm³/mol. The third-order valence-electron chi connectivity index (χ3n) is 1.08. The van der Waals surface area contributed by atoms with Crippen LogP contribution in [0, 0.1) is 0 Å². The van der Waals surface area contributed by atoms with Crippen LogP contribution in [-0.4, -0.2) is 9.96 Å². The van der Waals surface area contributed by atoms with E-state index >= 15 is 0 Å². The quantitative estimate of drug-likeness (QED) is 0.560. The average Bonchev–Trinajstić information content (AvgIpc) is 1.67. The van der Waals surface area contributed by atoms with E-state index in [1.807, 2.05) is 0 Å². The molecule has 0 aliphatic heterocycles. The van der Waals surface area contributed by atoms with E-state index in [-0.39, 0.29) is 4.21 Å². The molecule has 0 unspecified atom stereocenters. The number of hydrogen-bond acceptors (Lipinski definition) is 1. The van der Waals surface area contributed by atoms with Gasteiger partial charge >= 0.3 is 0 Å². The maximum atomic E-state index is 5.98. The summed E-state index contributed by atoms with van der Waals surface area (Å²) in [7, 11) is 0. The molecule has 0 aliphatic rings. The molecular weight excluding hydrogens is 140 g/mol. The topological polar surface area (TPSA) is 0 Å². The second-order valence-corrected chi connectivity index (χ2v) is 4.71. The van der Waals surface area contributed by atoms with Crippen molar-refractivity contribution in [3.05, 3.63) is 0 Å². The summed E-state index contributed by atoms with van der Waals surface area (Å²) in [5, 5.41) is 0. The molecule has 1 atom stereocenters. The SMILES string of the molecule is CCS[C@](C)(Cl)CC. The van der Waals surface area contributed by atoms with Gasteiger partial charge in [0.25, 0.3) is 0 Å². The van der Waals surface area contributed by atoms with Gasteiger partial charge in [0, 0.05) is 0 Å². The van der Waals surface area contributed by atoms with Crippen molar-refractivity contribution in [2.45, 2.75) is 31.4 Å². The first-order valence-corrected chi connectivity index (χ1v) is 4.31. The van der Waals surface area contributed by atoms with Gasteiger partial charge < -0.3 is 0 Å². The number of alkyl halides is 1. The molecule has 0 aromatic rings. The second-order valence-electron chi connectivity index (χ2n) is 1.89. The van der Waals surface area contributed by atoms with Gasteiger partial charge in [-0.1, -0.05) is 13.8 Å². The van der Waals surface area contributed by atoms with E-state index in [1.54, 1.807) is 11.8 Å². The molecule has 0 saturated heterocycles. The third-order valence-corrected chi connectivity index (χ3v) is 2.85. The van der Waals surface area contributed by atoms with Crippen molar-refractivity contribution < 1.29 is 0 Å². The summed E-state index contributed by atoms with van der Waals surface area (Å²) >= 11 is 7.78. The van der Waals surface area contributed by atoms with Gasteiger partial charge in [-0.2, -0.15) is 0 Å². The first-order chi connectivity index (χ1) is 3.62. The van der Waals surface area contributed by atoms with Crippen LogP contribution in [0.15, 0.2) is 0 Å². The highest BCUT2D eigenvalue weighted by Gasteiger charge is 2.15. The molecule has 0 nitrogen and oxygen atoms in total. The van der Waals surface area contributed by atoms with Crippen molar-refractivity contribution in [1.82, 2.24) is 0 Å². The molecule has 8 heavy (non-hydrogen) atoms. The van der Waals surface area contributed by atoms with Crippen molar-refractivity contribution in [1.29, 1.82) is 0 Å². The average molecular weight is 153 g/mol. The Morgan fingerprint density at radius 3 is 2.12 bits per heavy atom. The van der Waals surface area contributed by atoms with E-state index in [1.165, 1.54) is 0 Å². The first-order valence-electron chi connectivity index (χ1n) is 2.95. The van der Waals surface area contributed by atoms with Crippen LogP contribution in [0.1, 0.15) is 27.2 Å². The van der Waals surface area contributed by atoms with Crippen LogP contribution >= 0.6 is 23.4 Å². The van der Waals surface area contributed by atoms with Gasteiger partial charge in [0.15, 0.2) is 0 Å². The lowest BCUT2D eigenvalue weighted by molar-refractivity contribution is 0.834. The van der Waals surface area contributed by atoms with E-state index in [2.05, 4.69) is 20.8 Å². The van der Waals surface area contributed by atoms with Crippen molar-refractivity contribution >= 4 is 23.4 Å². The van der Waals surface area contributed by atoms with Gasteiger partial charge in [0.05, 0.1) is 4.21 Å². The Bertz CT molecular complexity index is 61.5. The molecule has 0 aliphatic carbocycles. The lowest BCUT2D eigenvalue weighted by atomic mass is 10.4. The van der Waals surface area contributed by atoms with Crippen LogP contribution in [0.5, 0.6) is 0 Å². The lowest BCUT2D eigenvalue weighted by Crippen LogP contribution is -2.08. The zero-order chi connectivity index (χ0) is 6.62. The fourth-order valence-electron chi connectivity index (χ4n) is 0.403. The minimum absolute atomic E-state index is 0.0191. The Balaban J connectivity index is 3.37. The summed E-state index contributed by atoms with van der Waals surface area (Å²) in [4.78, 5) is 0. The van der Waals surface area contributed by atoms with Crippen molar-refractivity contribution in [3.63, 3.8) is 0 Å². The first kappa shape index (κ1) is 8.64. The van der Waals surface area contributed by atoms with Gasteiger partial charge in [-0.15, -0.1) is 23.4 Å². The fraction of sp³-hybridized carbons (Fsp3) is 1.00. The molecule has 0 rings (SSSR count). The Labute approximate surface area is 61.0 Å². The van der Waals surface area contributed by atoms with Crippen LogP contribution in [-0.2, 0) is 0 Å². The molecule has 0 radical (unpaired) electrons. The number of rotatable bonds is 3. The normalized spacial score (nSPS) is 18.0. The maximum absolute atomic E-state index is 5.98. The van der Waals surface area contributed by atoms with Gasteiger partial charge in [-0.25, -0.2) is 0 Å². The van der Waals surface area contributed by atoms with E-state index in [4.69, 9.17) is 11.6 Å². The Kier molecular flexibility index (Phi) is 3.91. The van der Waals surface area contributed by atoms with Crippen LogP contribution in [0.3, 0.4) is 0 Å². The van der Waals surface area contributed by atoms with E-state index in [0.29, 0.717) is 0 Å². The van der Waals surface area contributed by atoms with E-state index < -0.39 is 0 Å². The summed E-state index contributed by atoms with van der Waals surface area (Å²) in [5.41, 5.74) is 0. The van der Waals surface area contributed by atoms with Crippen LogP contribution < -0.4 is 0 Å². The molecule has 0 bridgehead atoms. The Hall–Kier alpha value is 0.640. The molecule has 0 aromatic heterocycles. The molecule has 0 amide bonds. The highest BCUT2D eigenvalue weighted by Crippen LogP contribution is 2.31.